The Morgan fingerprint density at radius 2 is 2.00 bits per heavy atom. The van der Waals surface area contributed by atoms with Crippen molar-refractivity contribution >= 4 is 0 Å². The molecule has 0 amide bonds. The molecule has 0 aromatic carbocycles. The molecule has 1 saturated heterocycles. The molecule has 1 aliphatic rings. The van der Waals surface area contributed by atoms with Gasteiger partial charge in [-0.1, -0.05) is 20.3 Å². The van der Waals surface area contributed by atoms with Crippen molar-refractivity contribution in [2.75, 3.05) is 13.1 Å². The number of hydrogen-bond acceptors (Lipinski definition) is 2. The molecule has 78 valence electrons. The van der Waals surface area contributed by atoms with Crippen LogP contribution in [0.4, 0.5) is 0 Å². The Morgan fingerprint density at radius 1 is 1.31 bits per heavy atom. The summed E-state index contributed by atoms with van der Waals surface area (Å²) < 4.78 is 0. The molecule has 0 aromatic heterocycles. The van der Waals surface area contributed by atoms with Gasteiger partial charge in [0.15, 0.2) is 0 Å². The van der Waals surface area contributed by atoms with Crippen molar-refractivity contribution in [3.8, 4) is 0 Å². The van der Waals surface area contributed by atoms with Gasteiger partial charge in [0, 0.05) is 18.6 Å². The van der Waals surface area contributed by atoms with E-state index in [1.165, 1.54) is 32.4 Å². The lowest BCUT2D eigenvalue weighted by atomic mass is 9.96. The summed E-state index contributed by atoms with van der Waals surface area (Å²) in [5, 5.41) is 0. The van der Waals surface area contributed by atoms with Gasteiger partial charge in [-0.05, 0) is 32.2 Å². The van der Waals surface area contributed by atoms with E-state index >= 15 is 0 Å². The molecule has 13 heavy (non-hydrogen) atoms. The van der Waals surface area contributed by atoms with Crippen molar-refractivity contribution in [1.29, 1.82) is 0 Å². The maximum Gasteiger partial charge on any atom is 0.0244 e. The van der Waals surface area contributed by atoms with Crippen molar-refractivity contribution in [3.05, 3.63) is 0 Å². The zero-order valence-electron chi connectivity index (χ0n) is 9.29. The van der Waals surface area contributed by atoms with E-state index in [4.69, 9.17) is 5.73 Å². The summed E-state index contributed by atoms with van der Waals surface area (Å²) in [6.45, 7) is 9.18. The number of likely N-dealkylation sites (tertiary alicyclic amines) is 1. The van der Waals surface area contributed by atoms with E-state index in [1.807, 2.05) is 0 Å². The fourth-order valence-electron chi connectivity index (χ4n) is 2.31. The highest BCUT2D eigenvalue weighted by atomic mass is 15.2. The van der Waals surface area contributed by atoms with Crippen LogP contribution in [-0.2, 0) is 0 Å². The van der Waals surface area contributed by atoms with Gasteiger partial charge in [0.05, 0.1) is 0 Å². The van der Waals surface area contributed by atoms with E-state index in [1.54, 1.807) is 0 Å². The number of hydrogen-bond donors (Lipinski definition) is 1. The van der Waals surface area contributed by atoms with E-state index in [0.717, 1.165) is 5.92 Å². The van der Waals surface area contributed by atoms with Crippen LogP contribution in [-0.4, -0.2) is 30.1 Å². The predicted octanol–water partition coefficient (Wildman–Crippen LogP) is 1.84. The van der Waals surface area contributed by atoms with E-state index in [2.05, 4.69) is 25.7 Å². The minimum Gasteiger partial charge on any atom is -0.327 e. The molecule has 0 aliphatic carbocycles. The molecular formula is C11H24N2. The fraction of sp³-hybridized carbons (Fsp3) is 1.00. The standard InChI is InChI=1S/C11H24N2/c1-9(2)8-13-7-5-4-6-11(13)10(3)12/h9-11H,4-8,12H2,1-3H3/t10-,11+/m0/s1. The summed E-state index contributed by atoms with van der Waals surface area (Å²) >= 11 is 0. The minimum atomic E-state index is 0.332. The van der Waals surface area contributed by atoms with Crippen molar-refractivity contribution in [2.24, 2.45) is 11.7 Å². The molecule has 2 N–H and O–H groups in total. The third-order valence-electron chi connectivity index (χ3n) is 2.87. The van der Waals surface area contributed by atoms with E-state index in [0.29, 0.717) is 12.1 Å². The van der Waals surface area contributed by atoms with Crippen molar-refractivity contribution < 1.29 is 0 Å². The lowest BCUT2D eigenvalue weighted by molar-refractivity contribution is 0.116. The van der Waals surface area contributed by atoms with Gasteiger partial charge in [-0.2, -0.15) is 0 Å². The van der Waals surface area contributed by atoms with Gasteiger partial charge in [0.1, 0.15) is 0 Å². The first-order chi connectivity index (χ1) is 6.11. The molecule has 2 atom stereocenters. The van der Waals surface area contributed by atoms with Crippen LogP contribution in [0.5, 0.6) is 0 Å². The van der Waals surface area contributed by atoms with Gasteiger partial charge in [-0.3, -0.25) is 4.90 Å². The quantitative estimate of drug-likeness (QED) is 0.725. The lowest BCUT2D eigenvalue weighted by Crippen LogP contribution is -2.50. The third kappa shape index (κ3) is 3.28. The average molecular weight is 184 g/mol. The Balaban J connectivity index is 2.46. The number of rotatable bonds is 3. The topological polar surface area (TPSA) is 29.3 Å². The zero-order valence-corrected chi connectivity index (χ0v) is 9.29. The number of piperidine rings is 1. The Bertz CT molecular complexity index is 143. The van der Waals surface area contributed by atoms with E-state index in [9.17, 15) is 0 Å². The molecule has 0 radical (unpaired) electrons. The van der Waals surface area contributed by atoms with Gasteiger partial charge in [-0.25, -0.2) is 0 Å². The molecule has 0 saturated carbocycles. The highest BCUT2D eigenvalue weighted by Crippen LogP contribution is 2.19. The summed E-state index contributed by atoms with van der Waals surface area (Å²) in [5.74, 6) is 0.763. The van der Waals surface area contributed by atoms with E-state index in [-0.39, 0.29) is 0 Å². The third-order valence-corrected chi connectivity index (χ3v) is 2.87. The maximum absolute atomic E-state index is 5.99. The Kier molecular flexibility index (Phi) is 4.20. The molecule has 2 heteroatoms. The van der Waals surface area contributed by atoms with Crippen LogP contribution in [0.2, 0.25) is 0 Å². The maximum atomic E-state index is 5.99. The molecule has 0 aromatic rings. The summed E-state index contributed by atoms with van der Waals surface area (Å²) in [6, 6.07) is 0.968. The molecule has 1 fully saturated rings. The first-order valence-electron chi connectivity index (χ1n) is 5.61. The predicted molar refractivity (Wildman–Crippen MR) is 57.7 cm³/mol. The van der Waals surface area contributed by atoms with Crippen LogP contribution in [0.15, 0.2) is 0 Å². The molecule has 0 spiro atoms. The fourth-order valence-corrected chi connectivity index (χ4v) is 2.31. The largest absolute Gasteiger partial charge is 0.327 e. The second kappa shape index (κ2) is 4.97. The Morgan fingerprint density at radius 3 is 2.54 bits per heavy atom. The summed E-state index contributed by atoms with van der Waals surface area (Å²) in [4.78, 5) is 2.58. The highest BCUT2D eigenvalue weighted by Gasteiger charge is 2.25. The van der Waals surface area contributed by atoms with Crippen LogP contribution in [0, 0.1) is 5.92 Å². The molecule has 1 heterocycles. The Labute approximate surface area is 82.5 Å². The second-order valence-electron chi connectivity index (χ2n) is 4.81. The van der Waals surface area contributed by atoms with Crippen molar-refractivity contribution in [3.63, 3.8) is 0 Å². The zero-order chi connectivity index (χ0) is 9.84. The summed E-state index contributed by atoms with van der Waals surface area (Å²) in [6.07, 6.45) is 4.02. The number of nitrogens with two attached hydrogens (primary N) is 1. The van der Waals surface area contributed by atoms with Gasteiger partial charge >= 0.3 is 0 Å². The minimum absolute atomic E-state index is 0.332. The smallest absolute Gasteiger partial charge is 0.0244 e. The van der Waals surface area contributed by atoms with Gasteiger partial charge < -0.3 is 5.73 Å². The lowest BCUT2D eigenvalue weighted by Gasteiger charge is -2.39. The summed E-state index contributed by atoms with van der Waals surface area (Å²) in [7, 11) is 0. The van der Waals surface area contributed by atoms with Crippen molar-refractivity contribution in [1.82, 2.24) is 4.90 Å². The van der Waals surface area contributed by atoms with Crippen molar-refractivity contribution in [2.45, 2.75) is 52.1 Å². The molecular weight excluding hydrogens is 160 g/mol. The van der Waals surface area contributed by atoms with Crippen LogP contribution >= 0.6 is 0 Å². The highest BCUT2D eigenvalue weighted by molar-refractivity contribution is 4.83. The first kappa shape index (κ1) is 11.0. The van der Waals surface area contributed by atoms with Gasteiger partial charge in [0.25, 0.3) is 0 Å². The monoisotopic (exact) mass is 184 g/mol. The van der Waals surface area contributed by atoms with Crippen LogP contribution in [0.1, 0.15) is 40.0 Å². The normalized spacial score (nSPS) is 27.9. The van der Waals surface area contributed by atoms with Crippen LogP contribution in [0.3, 0.4) is 0 Å². The Hall–Kier alpha value is -0.0800. The molecule has 0 unspecified atom stereocenters. The molecule has 0 bridgehead atoms. The first-order valence-corrected chi connectivity index (χ1v) is 5.61. The van der Waals surface area contributed by atoms with Gasteiger partial charge in [0.2, 0.25) is 0 Å². The SMILES string of the molecule is CC(C)CN1CCCC[C@@H]1[C@H](C)N. The van der Waals surface area contributed by atoms with Crippen LogP contribution in [0.25, 0.3) is 0 Å². The number of nitrogens with zero attached hydrogens (tertiary/aromatic N) is 1. The molecule has 1 rings (SSSR count). The van der Waals surface area contributed by atoms with E-state index < -0.39 is 0 Å². The summed E-state index contributed by atoms with van der Waals surface area (Å²) in [5.41, 5.74) is 5.99. The average Bonchev–Trinajstić information content (AvgIpc) is 2.03. The molecule has 1 aliphatic heterocycles. The van der Waals surface area contributed by atoms with Gasteiger partial charge in [-0.15, -0.1) is 0 Å². The molecule has 2 nitrogen and oxygen atoms in total. The van der Waals surface area contributed by atoms with Crippen LogP contribution < -0.4 is 5.73 Å². The second-order valence-corrected chi connectivity index (χ2v) is 4.81.